The number of pyridine rings is 1. The Balaban J connectivity index is 1.87. The molecule has 1 unspecified atom stereocenters. The first kappa shape index (κ1) is 21.0. The summed E-state index contributed by atoms with van der Waals surface area (Å²) in [6.07, 6.45) is 0. The number of nitrogens with one attached hydrogen (secondary N) is 1. The summed E-state index contributed by atoms with van der Waals surface area (Å²) in [7, 11) is 1.26. The lowest BCUT2D eigenvalue weighted by atomic mass is 9.96. The van der Waals surface area contributed by atoms with Gasteiger partial charge in [-0.05, 0) is 67.6 Å². The maximum Gasteiger partial charge on any atom is 0.337 e. The molecular weight excluding hydrogens is 387 g/mol. The number of hydrogen-bond acceptors (Lipinski definition) is 5. The molecule has 1 N–H and O–H groups in total. The summed E-state index contributed by atoms with van der Waals surface area (Å²) >= 11 is 0. The Morgan fingerprint density at radius 1 is 0.967 bits per heavy atom. The molecule has 0 spiro atoms. The van der Waals surface area contributed by atoms with E-state index in [-0.39, 0.29) is 11.7 Å². The zero-order valence-electron chi connectivity index (χ0n) is 16.8. The standard InChI is InChI=1S/C23H21FN2O4/c1-15(27)26-23(2,22(28)29-3)21-6-4-5-20(25-21)16-7-11-18(12-8-16)30-19-13-9-17(24)10-14-19/h4-14H,1-3H3,(H,26,27). The molecule has 154 valence electrons. The van der Waals surface area contributed by atoms with Crippen molar-refractivity contribution in [2.75, 3.05) is 7.11 Å². The summed E-state index contributed by atoms with van der Waals surface area (Å²) in [4.78, 5) is 28.5. The SMILES string of the molecule is COC(=O)C(C)(NC(C)=O)c1cccc(-c2ccc(Oc3ccc(F)cc3)cc2)n1. The first-order valence-electron chi connectivity index (χ1n) is 9.20. The minimum atomic E-state index is -1.41. The molecule has 6 nitrogen and oxygen atoms in total. The highest BCUT2D eigenvalue weighted by Gasteiger charge is 2.39. The van der Waals surface area contributed by atoms with Gasteiger partial charge in [-0.25, -0.2) is 14.2 Å². The van der Waals surface area contributed by atoms with Crippen molar-refractivity contribution in [3.63, 3.8) is 0 Å². The number of benzene rings is 2. The molecule has 1 atom stereocenters. The Morgan fingerprint density at radius 3 is 2.13 bits per heavy atom. The topological polar surface area (TPSA) is 77.5 Å². The molecule has 0 fully saturated rings. The van der Waals surface area contributed by atoms with E-state index in [0.29, 0.717) is 22.9 Å². The van der Waals surface area contributed by atoms with Gasteiger partial charge in [0.2, 0.25) is 5.91 Å². The van der Waals surface area contributed by atoms with Gasteiger partial charge in [0.25, 0.3) is 0 Å². The summed E-state index contributed by atoms with van der Waals surface area (Å²) in [5.74, 6) is -0.225. The van der Waals surface area contributed by atoms with Crippen molar-refractivity contribution in [3.8, 4) is 22.8 Å². The number of amides is 1. The normalized spacial score (nSPS) is 12.5. The third-order valence-electron chi connectivity index (χ3n) is 4.48. The predicted molar refractivity (Wildman–Crippen MR) is 109 cm³/mol. The first-order valence-corrected chi connectivity index (χ1v) is 9.20. The van der Waals surface area contributed by atoms with Crippen molar-refractivity contribution < 1.29 is 23.5 Å². The van der Waals surface area contributed by atoms with Gasteiger partial charge in [0, 0.05) is 12.5 Å². The molecule has 1 aromatic heterocycles. The molecule has 2 aromatic carbocycles. The number of esters is 1. The average Bonchev–Trinajstić information content (AvgIpc) is 2.75. The Labute approximate surface area is 173 Å². The summed E-state index contributed by atoms with van der Waals surface area (Å²) in [5.41, 5.74) is 0.343. The van der Waals surface area contributed by atoms with Crippen LogP contribution in [0.15, 0.2) is 66.7 Å². The van der Waals surface area contributed by atoms with Crippen LogP contribution in [-0.2, 0) is 19.9 Å². The Bertz CT molecular complexity index is 1050. The zero-order chi connectivity index (χ0) is 21.7. The van der Waals surface area contributed by atoms with Gasteiger partial charge in [0.15, 0.2) is 5.54 Å². The molecule has 1 amide bonds. The molecule has 0 radical (unpaired) electrons. The minimum Gasteiger partial charge on any atom is -0.467 e. The highest BCUT2D eigenvalue weighted by atomic mass is 19.1. The lowest BCUT2D eigenvalue weighted by Crippen LogP contribution is -2.50. The van der Waals surface area contributed by atoms with E-state index in [1.54, 1.807) is 49.4 Å². The van der Waals surface area contributed by atoms with Crippen molar-refractivity contribution >= 4 is 11.9 Å². The van der Waals surface area contributed by atoms with Crippen LogP contribution in [0.3, 0.4) is 0 Å². The number of nitrogens with zero attached hydrogens (tertiary/aromatic N) is 1. The van der Waals surface area contributed by atoms with Crippen LogP contribution in [0.1, 0.15) is 19.5 Å². The second-order valence-electron chi connectivity index (χ2n) is 6.79. The molecule has 1 heterocycles. The van der Waals surface area contributed by atoms with Crippen LogP contribution in [0.5, 0.6) is 11.5 Å². The molecule has 7 heteroatoms. The number of ether oxygens (including phenoxy) is 2. The van der Waals surface area contributed by atoms with Crippen molar-refractivity contribution in [3.05, 3.63) is 78.2 Å². The molecule has 0 aliphatic rings. The van der Waals surface area contributed by atoms with E-state index in [1.807, 2.05) is 12.1 Å². The van der Waals surface area contributed by atoms with E-state index in [9.17, 15) is 14.0 Å². The van der Waals surface area contributed by atoms with Crippen LogP contribution in [0.4, 0.5) is 4.39 Å². The maximum absolute atomic E-state index is 13.0. The van der Waals surface area contributed by atoms with Crippen molar-refractivity contribution in [2.45, 2.75) is 19.4 Å². The van der Waals surface area contributed by atoms with Crippen LogP contribution < -0.4 is 10.1 Å². The number of hydrogen-bond donors (Lipinski definition) is 1. The predicted octanol–water partition coefficient (Wildman–Crippen LogP) is 4.20. The molecule has 3 aromatic rings. The number of rotatable bonds is 6. The van der Waals surface area contributed by atoms with Gasteiger partial charge in [-0.3, -0.25) is 4.79 Å². The summed E-state index contributed by atoms with van der Waals surface area (Å²) in [5, 5.41) is 2.62. The molecule has 0 saturated heterocycles. The van der Waals surface area contributed by atoms with Gasteiger partial charge >= 0.3 is 5.97 Å². The summed E-state index contributed by atoms with van der Waals surface area (Å²) in [6.45, 7) is 2.87. The fourth-order valence-corrected chi connectivity index (χ4v) is 2.98. The van der Waals surface area contributed by atoms with E-state index < -0.39 is 11.5 Å². The van der Waals surface area contributed by atoms with Gasteiger partial charge in [-0.15, -0.1) is 0 Å². The third kappa shape index (κ3) is 4.63. The van der Waals surface area contributed by atoms with Gasteiger partial charge in [0.05, 0.1) is 18.5 Å². The smallest absolute Gasteiger partial charge is 0.337 e. The highest BCUT2D eigenvalue weighted by Crippen LogP contribution is 2.27. The highest BCUT2D eigenvalue weighted by molar-refractivity contribution is 5.87. The molecule has 0 aliphatic heterocycles. The largest absolute Gasteiger partial charge is 0.467 e. The van der Waals surface area contributed by atoms with Crippen molar-refractivity contribution in [1.29, 1.82) is 0 Å². The monoisotopic (exact) mass is 408 g/mol. The molecule has 0 aliphatic carbocycles. The minimum absolute atomic E-state index is 0.332. The van der Waals surface area contributed by atoms with E-state index >= 15 is 0 Å². The van der Waals surface area contributed by atoms with Crippen molar-refractivity contribution in [2.24, 2.45) is 0 Å². The first-order chi connectivity index (χ1) is 14.3. The number of aromatic nitrogens is 1. The summed E-state index contributed by atoms with van der Waals surface area (Å²) < 4.78 is 23.6. The van der Waals surface area contributed by atoms with Gasteiger partial charge in [-0.2, -0.15) is 0 Å². The van der Waals surface area contributed by atoms with E-state index in [0.717, 1.165) is 5.56 Å². The third-order valence-corrected chi connectivity index (χ3v) is 4.48. The number of carbonyl (C=O) groups is 2. The maximum atomic E-state index is 13.0. The average molecular weight is 408 g/mol. The van der Waals surface area contributed by atoms with Gasteiger partial charge < -0.3 is 14.8 Å². The lowest BCUT2D eigenvalue weighted by Gasteiger charge is -2.27. The van der Waals surface area contributed by atoms with Crippen molar-refractivity contribution in [1.82, 2.24) is 10.3 Å². The van der Waals surface area contributed by atoms with Gasteiger partial charge in [-0.1, -0.05) is 6.07 Å². The molecule has 0 bridgehead atoms. The Hall–Kier alpha value is -3.74. The fourth-order valence-electron chi connectivity index (χ4n) is 2.98. The molecular formula is C23H21FN2O4. The summed E-state index contributed by atoms with van der Waals surface area (Å²) in [6, 6.07) is 18.1. The van der Waals surface area contributed by atoms with E-state index in [1.165, 1.54) is 26.2 Å². The second-order valence-corrected chi connectivity index (χ2v) is 6.79. The van der Waals surface area contributed by atoms with E-state index in [4.69, 9.17) is 9.47 Å². The fraction of sp³-hybridized carbons (Fsp3) is 0.174. The number of carbonyl (C=O) groups excluding carboxylic acids is 2. The molecule has 30 heavy (non-hydrogen) atoms. The molecule has 3 rings (SSSR count). The Morgan fingerprint density at radius 2 is 1.57 bits per heavy atom. The van der Waals surface area contributed by atoms with Gasteiger partial charge in [0.1, 0.15) is 17.3 Å². The quantitative estimate of drug-likeness (QED) is 0.619. The van der Waals surface area contributed by atoms with E-state index in [2.05, 4.69) is 10.3 Å². The van der Waals surface area contributed by atoms with Crippen LogP contribution in [0, 0.1) is 5.82 Å². The van der Waals surface area contributed by atoms with Crippen LogP contribution in [0.25, 0.3) is 11.3 Å². The Kier molecular flexibility index (Phi) is 6.11. The second kappa shape index (κ2) is 8.73. The van der Waals surface area contributed by atoms with Crippen LogP contribution >= 0.6 is 0 Å². The molecule has 0 saturated carbocycles. The zero-order valence-corrected chi connectivity index (χ0v) is 16.8. The number of halogens is 1. The van der Waals surface area contributed by atoms with Crippen LogP contribution in [-0.4, -0.2) is 24.0 Å². The number of methoxy groups -OCH3 is 1. The van der Waals surface area contributed by atoms with Crippen LogP contribution in [0.2, 0.25) is 0 Å². The lowest BCUT2D eigenvalue weighted by molar-refractivity contribution is -0.150.